The van der Waals surface area contributed by atoms with E-state index in [0.29, 0.717) is 17.9 Å². The van der Waals surface area contributed by atoms with Crippen LogP contribution in [0.1, 0.15) is 18.1 Å². The topological polar surface area (TPSA) is 61.8 Å². The van der Waals surface area contributed by atoms with Crippen molar-refractivity contribution in [3.8, 4) is 11.5 Å². The Kier molecular flexibility index (Phi) is 5.74. The Bertz CT molecular complexity index is 659. The highest BCUT2D eigenvalue weighted by Crippen LogP contribution is 2.14. The Morgan fingerprint density at radius 1 is 0.870 bits per heavy atom. The quantitative estimate of drug-likeness (QED) is 0.478. The van der Waals surface area contributed by atoms with E-state index in [2.05, 4.69) is 0 Å². The highest BCUT2D eigenvalue weighted by Gasteiger charge is 2.06. The maximum Gasteiger partial charge on any atom is 0.513 e. The summed E-state index contributed by atoms with van der Waals surface area (Å²) in [5.41, 5.74) is 2.05. The van der Waals surface area contributed by atoms with E-state index in [-0.39, 0.29) is 12.6 Å². The van der Waals surface area contributed by atoms with Gasteiger partial charge in [0.05, 0.1) is 6.61 Å². The molecule has 0 radical (unpaired) electrons. The fourth-order valence-corrected chi connectivity index (χ4v) is 1.87. The number of aryl methyl sites for hydroxylation is 1. The van der Waals surface area contributed by atoms with E-state index in [0.717, 1.165) is 11.1 Å². The van der Waals surface area contributed by atoms with Crippen LogP contribution < -0.4 is 9.47 Å². The largest absolute Gasteiger partial charge is 0.513 e. The zero-order valence-corrected chi connectivity index (χ0v) is 13.1. The molecule has 0 heterocycles. The Balaban J connectivity index is 1.74. The molecule has 0 atom stereocenters. The highest BCUT2D eigenvalue weighted by molar-refractivity contribution is 5.69. The predicted octanol–water partition coefficient (Wildman–Crippen LogP) is 3.68. The van der Waals surface area contributed by atoms with Gasteiger partial charge in [-0.25, -0.2) is 4.79 Å². The Morgan fingerprint density at radius 2 is 1.43 bits per heavy atom. The average Bonchev–Trinajstić information content (AvgIpc) is 2.51. The van der Waals surface area contributed by atoms with Crippen LogP contribution in [-0.2, 0) is 16.0 Å². The van der Waals surface area contributed by atoms with Crippen molar-refractivity contribution in [1.29, 1.82) is 0 Å². The number of rotatable bonds is 5. The summed E-state index contributed by atoms with van der Waals surface area (Å²) in [6.45, 7) is 3.51. The molecule has 23 heavy (non-hydrogen) atoms. The molecule has 2 aromatic carbocycles. The van der Waals surface area contributed by atoms with E-state index >= 15 is 0 Å². The number of esters is 1. The molecule has 0 aromatic heterocycles. The molecule has 0 N–H and O–H groups in total. The molecule has 2 rings (SSSR count). The average molecular weight is 314 g/mol. The number of ether oxygens (including phenoxy) is 3. The first kappa shape index (κ1) is 16.5. The van der Waals surface area contributed by atoms with Gasteiger partial charge in [0.15, 0.2) is 0 Å². The summed E-state index contributed by atoms with van der Waals surface area (Å²) >= 11 is 0. The van der Waals surface area contributed by atoms with E-state index in [4.69, 9.17) is 14.2 Å². The van der Waals surface area contributed by atoms with E-state index in [9.17, 15) is 9.59 Å². The lowest BCUT2D eigenvalue weighted by Gasteiger charge is -2.07. The minimum absolute atomic E-state index is 0.206. The molecule has 0 spiro atoms. The van der Waals surface area contributed by atoms with Gasteiger partial charge in [0.2, 0.25) is 0 Å². The van der Waals surface area contributed by atoms with Gasteiger partial charge in [-0.1, -0.05) is 29.8 Å². The molecular weight excluding hydrogens is 296 g/mol. The Labute approximate surface area is 134 Å². The molecule has 5 heteroatoms. The molecule has 0 aliphatic carbocycles. The maximum absolute atomic E-state index is 11.6. The zero-order chi connectivity index (χ0) is 16.7. The van der Waals surface area contributed by atoms with Crippen LogP contribution in [0.25, 0.3) is 0 Å². The van der Waals surface area contributed by atoms with E-state index < -0.39 is 6.16 Å². The first-order valence-corrected chi connectivity index (χ1v) is 7.21. The van der Waals surface area contributed by atoms with Gasteiger partial charge in [-0.2, -0.15) is 0 Å². The van der Waals surface area contributed by atoms with E-state index in [1.54, 1.807) is 24.3 Å². The first-order valence-electron chi connectivity index (χ1n) is 7.21. The Hall–Kier alpha value is -2.82. The smallest absolute Gasteiger partial charge is 0.434 e. The number of carbonyl (C=O) groups is 2. The summed E-state index contributed by atoms with van der Waals surface area (Å²) in [6.07, 6.45) is -0.186. The zero-order valence-electron chi connectivity index (χ0n) is 13.1. The maximum atomic E-state index is 11.6. The van der Waals surface area contributed by atoms with Crippen molar-refractivity contribution >= 4 is 12.1 Å². The predicted molar refractivity (Wildman–Crippen MR) is 84.6 cm³/mol. The number of hydrogen-bond donors (Lipinski definition) is 0. The van der Waals surface area contributed by atoms with Crippen molar-refractivity contribution in [2.45, 2.75) is 20.3 Å². The van der Waals surface area contributed by atoms with Gasteiger partial charge < -0.3 is 14.2 Å². The number of carbonyl (C=O) groups excluding carboxylic acids is 2. The van der Waals surface area contributed by atoms with Crippen molar-refractivity contribution in [2.24, 2.45) is 0 Å². The van der Waals surface area contributed by atoms with Crippen LogP contribution in [-0.4, -0.2) is 18.7 Å². The second kappa shape index (κ2) is 7.98. The molecule has 5 nitrogen and oxygen atoms in total. The van der Waals surface area contributed by atoms with Crippen LogP contribution in [0.15, 0.2) is 48.5 Å². The van der Waals surface area contributed by atoms with Crippen molar-refractivity contribution in [1.82, 2.24) is 0 Å². The molecule has 120 valence electrons. The molecule has 2 aromatic rings. The van der Waals surface area contributed by atoms with Crippen molar-refractivity contribution in [3.05, 3.63) is 59.7 Å². The molecule has 0 aliphatic heterocycles. The summed E-state index contributed by atoms with van der Waals surface area (Å²) in [5, 5.41) is 0. The van der Waals surface area contributed by atoms with Crippen LogP contribution in [0.3, 0.4) is 0 Å². The summed E-state index contributed by atoms with van der Waals surface area (Å²) in [5.74, 6) is 0.576. The lowest BCUT2D eigenvalue weighted by molar-refractivity contribution is -0.131. The molecule has 0 saturated heterocycles. The summed E-state index contributed by atoms with van der Waals surface area (Å²) in [6, 6.07) is 14.2. The van der Waals surface area contributed by atoms with Gasteiger partial charge in [-0.05, 0) is 36.8 Å². The third kappa shape index (κ3) is 5.82. The van der Waals surface area contributed by atoms with Gasteiger partial charge in [-0.3, -0.25) is 4.79 Å². The van der Waals surface area contributed by atoms with Crippen molar-refractivity contribution in [3.63, 3.8) is 0 Å². The van der Waals surface area contributed by atoms with Crippen LogP contribution in [0.5, 0.6) is 11.5 Å². The SMILES string of the molecule is CC(=O)Oc1ccc(CCOC(=O)Oc2ccc(C)cc2)cc1. The van der Waals surface area contributed by atoms with E-state index in [1.165, 1.54) is 6.92 Å². The first-order chi connectivity index (χ1) is 11.0. The minimum atomic E-state index is -0.731. The summed E-state index contributed by atoms with van der Waals surface area (Å²) in [7, 11) is 0. The van der Waals surface area contributed by atoms with Crippen LogP contribution in [0.4, 0.5) is 4.79 Å². The summed E-state index contributed by atoms with van der Waals surface area (Å²) < 4.78 is 15.0. The van der Waals surface area contributed by atoms with Gasteiger partial charge in [0, 0.05) is 13.3 Å². The lowest BCUT2D eigenvalue weighted by Crippen LogP contribution is -2.12. The van der Waals surface area contributed by atoms with Crippen LogP contribution in [0.2, 0.25) is 0 Å². The fraction of sp³-hybridized carbons (Fsp3) is 0.222. The van der Waals surface area contributed by atoms with E-state index in [1.807, 2.05) is 31.2 Å². The molecule has 0 unspecified atom stereocenters. The number of benzene rings is 2. The van der Waals surface area contributed by atoms with Gasteiger partial charge in [0.25, 0.3) is 0 Å². The van der Waals surface area contributed by atoms with Gasteiger partial charge in [-0.15, -0.1) is 0 Å². The third-order valence-electron chi connectivity index (χ3n) is 3.02. The molecule has 0 aliphatic rings. The second-order valence-electron chi connectivity index (χ2n) is 5.00. The second-order valence-corrected chi connectivity index (χ2v) is 5.00. The third-order valence-corrected chi connectivity index (χ3v) is 3.02. The van der Waals surface area contributed by atoms with Gasteiger partial charge >= 0.3 is 12.1 Å². The van der Waals surface area contributed by atoms with Gasteiger partial charge in [0.1, 0.15) is 11.5 Å². The van der Waals surface area contributed by atoms with Crippen LogP contribution in [0, 0.1) is 6.92 Å². The van der Waals surface area contributed by atoms with Crippen LogP contribution >= 0.6 is 0 Å². The molecule has 0 bridgehead atoms. The molecule has 0 amide bonds. The number of hydrogen-bond acceptors (Lipinski definition) is 5. The standard InChI is InChI=1S/C18H18O5/c1-13-3-7-17(8-4-13)23-18(20)21-12-11-15-5-9-16(10-6-15)22-14(2)19/h3-10H,11-12H2,1-2H3. The minimum Gasteiger partial charge on any atom is -0.434 e. The highest BCUT2D eigenvalue weighted by atomic mass is 16.7. The monoisotopic (exact) mass is 314 g/mol. The van der Waals surface area contributed by atoms with Crippen molar-refractivity contribution in [2.75, 3.05) is 6.61 Å². The lowest BCUT2D eigenvalue weighted by atomic mass is 10.1. The molecule has 0 saturated carbocycles. The fourth-order valence-electron chi connectivity index (χ4n) is 1.87. The Morgan fingerprint density at radius 3 is 2.04 bits per heavy atom. The van der Waals surface area contributed by atoms with Crippen molar-refractivity contribution < 1.29 is 23.8 Å². The summed E-state index contributed by atoms with van der Waals surface area (Å²) in [4.78, 5) is 22.4. The normalized spacial score (nSPS) is 10.0. The molecule has 0 fully saturated rings. The molecular formula is C18H18O5.